The van der Waals surface area contributed by atoms with E-state index in [1.54, 1.807) is 18.3 Å². The molecule has 1 aromatic rings. The third-order valence-electron chi connectivity index (χ3n) is 1.22. The van der Waals surface area contributed by atoms with Gasteiger partial charge in [-0.25, -0.2) is 4.98 Å². The number of rotatable bonds is 1. The van der Waals surface area contributed by atoms with Crippen molar-refractivity contribution in [2.45, 2.75) is 6.92 Å². The van der Waals surface area contributed by atoms with Crippen molar-refractivity contribution < 1.29 is 4.79 Å². The zero-order chi connectivity index (χ0) is 7.56. The van der Waals surface area contributed by atoms with E-state index in [1.165, 1.54) is 6.92 Å². The number of nitrogens with zero attached hydrogens (tertiary/aromatic N) is 1. The third-order valence-corrected chi connectivity index (χ3v) is 1.22. The minimum Gasteiger partial charge on any atom is -0.383 e. The quantitative estimate of drug-likeness (QED) is 0.582. The summed E-state index contributed by atoms with van der Waals surface area (Å²) in [7, 11) is 0. The molecule has 0 aliphatic heterocycles. The molecule has 1 heterocycles. The van der Waals surface area contributed by atoms with E-state index in [1.807, 2.05) is 0 Å². The lowest BCUT2D eigenvalue weighted by Gasteiger charge is -1.96. The standard InChI is InChI=1S/C7H8N2O/c1-5(10)6-3-2-4-9-7(6)8/h2-4H,1H3,(H2,8,9). The largest absolute Gasteiger partial charge is 0.383 e. The van der Waals surface area contributed by atoms with Crippen molar-refractivity contribution in [3.8, 4) is 0 Å². The average Bonchev–Trinajstić information content (AvgIpc) is 1.88. The maximum atomic E-state index is 10.7. The van der Waals surface area contributed by atoms with E-state index in [9.17, 15) is 4.79 Å². The van der Waals surface area contributed by atoms with Crippen LogP contribution in [0.25, 0.3) is 0 Å². The zero-order valence-electron chi connectivity index (χ0n) is 5.66. The van der Waals surface area contributed by atoms with Gasteiger partial charge in [-0.1, -0.05) is 0 Å². The van der Waals surface area contributed by atoms with Crippen LogP contribution in [0.1, 0.15) is 17.3 Å². The Labute approximate surface area is 58.9 Å². The Morgan fingerprint density at radius 2 is 2.40 bits per heavy atom. The highest BCUT2D eigenvalue weighted by molar-refractivity contribution is 5.98. The van der Waals surface area contributed by atoms with Gasteiger partial charge in [0, 0.05) is 6.20 Å². The average molecular weight is 136 g/mol. The first kappa shape index (κ1) is 6.74. The molecule has 0 aromatic carbocycles. The highest BCUT2D eigenvalue weighted by atomic mass is 16.1. The van der Waals surface area contributed by atoms with Crippen LogP contribution in [0.15, 0.2) is 18.3 Å². The van der Waals surface area contributed by atoms with Crippen molar-refractivity contribution in [2.75, 3.05) is 5.73 Å². The van der Waals surface area contributed by atoms with E-state index in [4.69, 9.17) is 5.73 Å². The molecule has 0 spiro atoms. The molecule has 0 radical (unpaired) electrons. The molecule has 0 amide bonds. The number of carbonyl (C=O) groups excluding carboxylic acids is 1. The Hall–Kier alpha value is -1.38. The van der Waals surface area contributed by atoms with Crippen LogP contribution in [0.2, 0.25) is 0 Å². The second-order valence-corrected chi connectivity index (χ2v) is 1.99. The first-order valence-corrected chi connectivity index (χ1v) is 2.93. The van der Waals surface area contributed by atoms with Gasteiger partial charge in [0.25, 0.3) is 0 Å². The fraction of sp³-hybridized carbons (Fsp3) is 0.143. The van der Waals surface area contributed by atoms with Gasteiger partial charge in [0.1, 0.15) is 5.82 Å². The molecule has 0 saturated heterocycles. The van der Waals surface area contributed by atoms with Crippen LogP contribution in [0.4, 0.5) is 5.82 Å². The summed E-state index contributed by atoms with van der Waals surface area (Å²) in [6.45, 7) is 1.47. The topological polar surface area (TPSA) is 56.0 Å². The molecule has 0 saturated carbocycles. The molecule has 2 N–H and O–H groups in total. The summed E-state index contributed by atoms with van der Waals surface area (Å²) in [6, 6.07) is 3.34. The number of nitrogen functional groups attached to an aromatic ring is 1. The van der Waals surface area contributed by atoms with Gasteiger partial charge >= 0.3 is 0 Å². The summed E-state index contributed by atoms with van der Waals surface area (Å²) in [5.74, 6) is 0.251. The van der Waals surface area contributed by atoms with Crippen LogP contribution in [0.3, 0.4) is 0 Å². The Morgan fingerprint density at radius 1 is 1.70 bits per heavy atom. The molecule has 3 nitrogen and oxygen atoms in total. The molecule has 52 valence electrons. The molecule has 0 aliphatic carbocycles. The maximum absolute atomic E-state index is 10.7. The minimum absolute atomic E-state index is 0.0504. The molecule has 1 aromatic heterocycles. The SMILES string of the molecule is CC(=O)c1cccnc1N. The van der Waals surface area contributed by atoms with E-state index in [0.717, 1.165) is 0 Å². The van der Waals surface area contributed by atoms with E-state index in [2.05, 4.69) is 4.98 Å². The Kier molecular flexibility index (Phi) is 1.67. The van der Waals surface area contributed by atoms with Crippen LogP contribution >= 0.6 is 0 Å². The van der Waals surface area contributed by atoms with Crippen molar-refractivity contribution >= 4 is 11.6 Å². The second kappa shape index (κ2) is 2.47. The number of Topliss-reactive ketones (excluding diaryl/α,β-unsaturated/α-hetero) is 1. The van der Waals surface area contributed by atoms with Gasteiger partial charge in [-0.3, -0.25) is 4.79 Å². The van der Waals surface area contributed by atoms with Crippen LogP contribution in [0.5, 0.6) is 0 Å². The van der Waals surface area contributed by atoms with Crippen molar-refractivity contribution in [1.82, 2.24) is 4.98 Å². The van der Waals surface area contributed by atoms with Gasteiger partial charge in [-0.05, 0) is 19.1 Å². The van der Waals surface area contributed by atoms with Crippen molar-refractivity contribution in [3.63, 3.8) is 0 Å². The van der Waals surface area contributed by atoms with Gasteiger partial charge < -0.3 is 5.73 Å². The maximum Gasteiger partial charge on any atom is 0.163 e. The molecule has 0 atom stereocenters. The van der Waals surface area contributed by atoms with Crippen LogP contribution in [-0.2, 0) is 0 Å². The number of aromatic nitrogens is 1. The van der Waals surface area contributed by atoms with E-state index < -0.39 is 0 Å². The minimum atomic E-state index is -0.0504. The lowest BCUT2D eigenvalue weighted by atomic mass is 10.2. The molecular formula is C7H8N2O. The lowest BCUT2D eigenvalue weighted by molar-refractivity contribution is 0.101. The Morgan fingerprint density at radius 3 is 2.80 bits per heavy atom. The number of ketones is 1. The summed E-state index contributed by atoms with van der Waals surface area (Å²) in [4.78, 5) is 14.5. The summed E-state index contributed by atoms with van der Waals surface area (Å²) in [5, 5.41) is 0. The number of hydrogen-bond donors (Lipinski definition) is 1. The zero-order valence-corrected chi connectivity index (χ0v) is 5.66. The fourth-order valence-corrected chi connectivity index (χ4v) is 0.715. The van der Waals surface area contributed by atoms with Gasteiger partial charge in [0.15, 0.2) is 5.78 Å². The summed E-state index contributed by atoms with van der Waals surface area (Å²) < 4.78 is 0. The van der Waals surface area contributed by atoms with Crippen molar-refractivity contribution in [1.29, 1.82) is 0 Å². The second-order valence-electron chi connectivity index (χ2n) is 1.99. The molecule has 10 heavy (non-hydrogen) atoms. The molecule has 3 heteroatoms. The third kappa shape index (κ3) is 1.13. The van der Waals surface area contributed by atoms with E-state index in [0.29, 0.717) is 11.4 Å². The number of anilines is 1. The van der Waals surface area contributed by atoms with Crippen LogP contribution in [0, 0.1) is 0 Å². The molecule has 0 unspecified atom stereocenters. The fourth-order valence-electron chi connectivity index (χ4n) is 0.715. The van der Waals surface area contributed by atoms with Gasteiger partial charge in [-0.2, -0.15) is 0 Å². The first-order chi connectivity index (χ1) is 4.72. The van der Waals surface area contributed by atoms with E-state index >= 15 is 0 Å². The van der Waals surface area contributed by atoms with E-state index in [-0.39, 0.29) is 5.78 Å². The van der Waals surface area contributed by atoms with Crippen molar-refractivity contribution in [3.05, 3.63) is 23.9 Å². The summed E-state index contributed by atoms with van der Waals surface area (Å²) in [5.41, 5.74) is 5.88. The predicted octanol–water partition coefficient (Wildman–Crippen LogP) is 0.866. The number of pyridine rings is 1. The van der Waals surface area contributed by atoms with Gasteiger partial charge in [-0.15, -0.1) is 0 Å². The summed E-state index contributed by atoms with van der Waals surface area (Å²) >= 11 is 0. The Balaban J connectivity index is 3.15. The van der Waals surface area contributed by atoms with Crippen LogP contribution in [-0.4, -0.2) is 10.8 Å². The van der Waals surface area contributed by atoms with Crippen molar-refractivity contribution in [2.24, 2.45) is 0 Å². The van der Waals surface area contributed by atoms with Gasteiger partial charge in [0.05, 0.1) is 5.56 Å². The normalized spacial score (nSPS) is 9.30. The van der Waals surface area contributed by atoms with Crippen LogP contribution < -0.4 is 5.73 Å². The number of hydrogen-bond acceptors (Lipinski definition) is 3. The predicted molar refractivity (Wildman–Crippen MR) is 38.7 cm³/mol. The molecule has 0 aliphatic rings. The lowest BCUT2D eigenvalue weighted by Crippen LogP contribution is -2.00. The first-order valence-electron chi connectivity index (χ1n) is 2.93. The summed E-state index contributed by atoms with van der Waals surface area (Å²) in [6.07, 6.45) is 1.56. The molecule has 1 rings (SSSR count). The van der Waals surface area contributed by atoms with Gasteiger partial charge in [0.2, 0.25) is 0 Å². The monoisotopic (exact) mass is 136 g/mol. The number of nitrogens with two attached hydrogens (primary N) is 1. The highest BCUT2D eigenvalue weighted by Crippen LogP contribution is 2.06. The Bertz CT molecular complexity index is 258. The highest BCUT2D eigenvalue weighted by Gasteiger charge is 2.01. The molecule has 0 fully saturated rings. The number of carbonyl (C=O) groups is 1. The smallest absolute Gasteiger partial charge is 0.163 e. The molecular weight excluding hydrogens is 128 g/mol. The molecule has 0 bridgehead atoms.